The molecule has 0 aromatic carbocycles. The molecule has 6 heteroatoms. The van der Waals surface area contributed by atoms with Crippen molar-refractivity contribution in [1.29, 1.82) is 0 Å². The summed E-state index contributed by atoms with van der Waals surface area (Å²) in [7, 11) is 1.70. The summed E-state index contributed by atoms with van der Waals surface area (Å²) in [5.41, 5.74) is 0.455. The van der Waals surface area contributed by atoms with Crippen molar-refractivity contribution in [2.75, 3.05) is 13.2 Å². The Morgan fingerprint density at radius 3 is 2.50 bits per heavy atom. The van der Waals surface area contributed by atoms with E-state index in [0.29, 0.717) is 28.8 Å². The average Bonchev–Trinajstić information content (AvgIpc) is 2.57. The van der Waals surface area contributed by atoms with Gasteiger partial charge in [0.15, 0.2) is 0 Å². The second-order valence-corrected chi connectivity index (χ2v) is 5.16. The molecule has 1 rings (SSSR count). The number of nitrogens with zero attached hydrogens (tertiary/aromatic N) is 2. The second kappa shape index (κ2) is 6.45. The van der Waals surface area contributed by atoms with Crippen molar-refractivity contribution >= 4 is 29.1 Å². The highest BCUT2D eigenvalue weighted by Gasteiger charge is 2.23. The molecule has 4 nitrogen and oxygen atoms in total. The highest BCUT2D eigenvalue weighted by atomic mass is 35.5. The summed E-state index contributed by atoms with van der Waals surface area (Å²) in [6, 6.07) is 1.62. The largest absolute Gasteiger partial charge is 0.396 e. The summed E-state index contributed by atoms with van der Waals surface area (Å²) in [4.78, 5) is 14.1. The average molecular weight is 293 g/mol. The van der Waals surface area contributed by atoms with Gasteiger partial charge in [0.05, 0.1) is 5.02 Å². The second-order valence-electron chi connectivity index (χ2n) is 4.40. The van der Waals surface area contributed by atoms with Crippen LogP contribution in [0.25, 0.3) is 0 Å². The number of aliphatic hydroxyl groups is 1. The predicted molar refractivity (Wildman–Crippen MR) is 73.3 cm³/mol. The molecular formula is C12H18Cl2N2O2. The van der Waals surface area contributed by atoms with Gasteiger partial charge in [0, 0.05) is 26.2 Å². The Hall–Kier alpha value is -0.710. The van der Waals surface area contributed by atoms with Gasteiger partial charge >= 0.3 is 0 Å². The van der Waals surface area contributed by atoms with Crippen LogP contribution in [0.4, 0.5) is 0 Å². The number of hydrogen-bond acceptors (Lipinski definition) is 2. The van der Waals surface area contributed by atoms with E-state index in [2.05, 4.69) is 0 Å². The summed E-state index contributed by atoms with van der Waals surface area (Å²) < 4.78 is 1.57. The maximum Gasteiger partial charge on any atom is 0.270 e. The minimum absolute atomic E-state index is 0.0523. The van der Waals surface area contributed by atoms with Crippen molar-refractivity contribution in [3.05, 3.63) is 21.9 Å². The third-order valence-electron chi connectivity index (χ3n) is 2.78. The van der Waals surface area contributed by atoms with Crippen molar-refractivity contribution in [3.8, 4) is 0 Å². The van der Waals surface area contributed by atoms with E-state index < -0.39 is 0 Å². The van der Waals surface area contributed by atoms with Crippen LogP contribution >= 0.6 is 23.2 Å². The number of aliphatic hydroxyl groups excluding tert-OH is 1. The van der Waals surface area contributed by atoms with E-state index in [9.17, 15) is 4.79 Å². The minimum Gasteiger partial charge on any atom is -0.396 e. The third kappa shape index (κ3) is 3.19. The quantitative estimate of drug-likeness (QED) is 0.907. The third-order valence-corrected chi connectivity index (χ3v) is 3.62. The molecule has 0 saturated carbocycles. The standard InChI is InChI=1S/C12H18Cl2N2O2/c1-8(2)16(5-4-6-17)12(18)10-7-9(13)11(14)15(10)3/h7-8,17H,4-6H2,1-3H3. The Labute approximate surface area is 117 Å². The van der Waals surface area contributed by atoms with Crippen molar-refractivity contribution in [2.24, 2.45) is 7.05 Å². The molecule has 0 aliphatic carbocycles. The van der Waals surface area contributed by atoms with Crippen LogP contribution in [0.3, 0.4) is 0 Å². The molecule has 0 fully saturated rings. The van der Waals surface area contributed by atoms with Crippen LogP contribution in [-0.2, 0) is 7.05 Å². The van der Waals surface area contributed by atoms with Crippen molar-refractivity contribution in [2.45, 2.75) is 26.3 Å². The molecule has 0 saturated heterocycles. The molecule has 0 atom stereocenters. The van der Waals surface area contributed by atoms with E-state index in [4.69, 9.17) is 28.3 Å². The Bertz CT molecular complexity index is 430. The van der Waals surface area contributed by atoms with Gasteiger partial charge in [-0.3, -0.25) is 4.79 Å². The molecule has 102 valence electrons. The van der Waals surface area contributed by atoms with Crippen LogP contribution < -0.4 is 0 Å². The van der Waals surface area contributed by atoms with E-state index in [1.807, 2.05) is 13.8 Å². The molecule has 0 aliphatic rings. The first-order chi connectivity index (χ1) is 8.40. The highest BCUT2D eigenvalue weighted by molar-refractivity contribution is 6.41. The summed E-state index contributed by atoms with van der Waals surface area (Å²) >= 11 is 11.9. The first kappa shape index (κ1) is 15.3. The maximum absolute atomic E-state index is 12.4. The number of hydrogen-bond donors (Lipinski definition) is 1. The highest BCUT2D eigenvalue weighted by Crippen LogP contribution is 2.26. The molecule has 1 amide bonds. The van der Waals surface area contributed by atoms with E-state index in [-0.39, 0.29) is 18.6 Å². The number of rotatable bonds is 5. The number of carbonyl (C=O) groups excluding carboxylic acids is 1. The smallest absolute Gasteiger partial charge is 0.270 e. The van der Waals surface area contributed by atoms with Crippen molar-refractivity contribution < 1.29 is 9.90 Å². The van der Waals surface area contributed by atoms with Crippen LogP contribution in [-0.4, -0.2) is 39.7 Å². The van der Waals surface area contributed by atoms with Crippen LogP contribution in [0.1, 0.15) is 30.8 Å². The van der Waals surface area contributed by atoms with Gasteiger partial charge in [-0.05, 0) is 26.3 Å². The molecule has 0 aliphatic heterocycles. The normalized spacial score (nSPS) is 11.1. The lowest BCUT2D eigenvalue weighted by molar-refractivity contribution is 0.0683. The van der Waals surface area contributed by atoms with E-state index in [1.165, 1.54) is 0 Å². The molecule has 0 spiro atoms. The zero-order chi connectivity index (χ0) is 13.9. The number of amides is 1. The maximum atomic E-state index is 12.4. The first-order valence-corrected chi connectivity index (χ1v) is 6.58. The molecule has 1 aromatic rings. The summed E-state index contributed by atoms with van der Waals surface area (Å²) in [5, 5.41) is 9.59. The summed E-state index contributed by atoms with van der Waals surface area (Å²) in [5.74, 6) is -0.130. The fraction of sp³-hybridized carbons (Fsp3) is 0.583. The van der Waals surface area contributed by atoms with Crippen LogP contribution in [0.15, 0.2) is 6.07 Å². The number of halogens is 2. The molecule has 0 unspecified atom stereocenters. The van der Waals surface area contributed by atoms with Gasteiger partial charge in [0.1, 0.15) is 10.8 Å². The molecule has 1 N–H and O–H groups in total. The van der Waals surface area contributed by atoms with Gasteiger partial charge in [-0.1, -0.05) is 23.2 Å². The first-order valence-electron chi connectivity index (χ1n) is 5.82. The van der Waals surface area contributed by atoms with Crippen molar-refractivity contribution in [1.82, 2.24) is 9.47 Å². The molecule has 1 aromatic heterocycles. The Morgan fingerprint density at radius 2 is 2.11 bits per heavy atom. The van der Waals surface area contributed by atoms with Gasteiger partial charge in [-0.15, -0.1) is 0 Å². The van der Waals surface area contributed by atoms with Gasteiger partial charge in [-0.2, -0.15) is 0 Å². The zero-order valence-electron chi connectivity index (χ0n) is 10.8. The molecule has 18 heavy (non-hydrogen) atoms. The fourth-order valence-corrected chi connectivity index (χ4v) is 2.11. The molecule has 0 radical (unpaired) electrons. The molecule has 0 bridgehead atoms. The van der Waals surface area contributed by atoms with Crippen LogP contribution in [0, 0.1) is 0 Å². The Kier molecular flexibility index (Phi) is 5.50. The van der Waals surface area contributed by atoms with Gasteiger partial charge < -0.3 is 14.6 Å². The summed E-state index contributed by atoms with van der Waals surface area (Å²) in [6.07, 6.45) is 0.551. The van der Waals surface area contributed by atoms with Gasteiger partial charge in [-0.25, -0.2) is 0 Å². The number of aromatic nitrogens is 1. The SMILES string of the molecule is CC(C)N(CCCO)C(=O)c1cc(Cl)c(Cl)n1C. The fourth-order valence-electron chi connectivity index (χ4n) is 1.73. The van der Waals surface area contributed by atoms with E-state index >= 15 is 0 Å². The zero-order valence-corrected chi connectivity index (χ0v) is 12.3. The lowest BCUT2D eigenvalue weighted by atomic mass is 10.2. The summed E-state index contributed by atoms with van der Waals surface area (Å²) in [6.45, 7) is 4.43. The van der Waals surface area contributed by atoms with E-state index in [1.54, 1.807) is 22.6 Å². The van der Waals surface area contributed by atoms with Crippen LogP contribution in [0.2, 0.25) is 10.2 Å². The molecule has 1 heterocycles. The lowest BCUT2D eigenvalue weighted by Gasteiger charge is -2.26. The Balaban J connectivity index is 2.98. The lowest BCUT2D eigenvalue weighted by Crippen LogP contribution is -2.38. The topological polar surface area (TPSA) is 45.5 Å². The van der Waals surface area contributed by atoms with Gasteiger partial charge in [0.25, 0.3) is 5.91 Å². The van der Waals surface area contributed by atoms with Gasteiger partial charge in [0.2, 0.25) is 0 Å². The van der Waals surface area contributed by atoms with Crippen molar-refractivity contribution in [3.63, 3.8) is 0 Å². The number of carbonyl (C=O) groups is 1. The van der Waals surface area contributed by atoms with Crippen LogP contribution in [0.5, 0.6) is 0 Å². The molecular weight excluding hydrogens is 275 g/mol. The van der Waals surface area contributed by atoms with E-state index in [0.717, 1.165) is 0 Å². The minimum atomic E-state index is -0.130. The predicted octanol–water partition coefficient (Wildman–Crippen LogP) is 2.56. The monoisotopic (exact) mass is 292 g/mol. The Morgan fingerprint density at radius 1 is 1.50 bits per heavy atom.